The summed E-state index contributed by atoms with van der Waals surface area (Å²) in [5, 5.41) is 6.16. The van der Waals surface area contributed by atoms with Crippen molar-refractivity contribution in [1.82, 2.24) is 15.5 Å². The third-order valence-electron chi connectivity index (χ3n) is 4.56. The fourth-order valence-electron chi connectivity index (χ4n) is 2.86. The number of hydrogen-bond donors (Lipinski definition) is 2. The predicted octanol–water partition coefficient (Wildman–Crippen LogP) is 2.24. The fourth-order valence-corrected chi connectivity index (χ4v) is 2.86. The Morgan fingerprint density at radius 1 is 1.26 bits per heavy atom. The van der Waals surface area contributed by atoms with E-state index in [0.717, 1.165) is 30.9 Å². The first-order chi connectivity index (χ1) is 12.1. The molecule has 1 heterocycles. The van der Waals surface area contributed by atoms with Crippen LogP contribution >= 0.6 is 24.8 Å². The zero-order chi connectivity index (χ0) is 18.1. The van der Waals surface area contributed by atoms with E-state index in [1.807, 2.05) is 31.2 Å². The van der Waals surface area contributed by atoms with Crippen LogP contribution in [0.5, 0.6) is 5.75 Å². The van der Waals surface area contributed by atoms with Crippen LogP contribution in [0.3, 0.4) is 0 Å². The second-order valence-corrected chi connectivity index (χ2v) is 6.24. The van der Waals surface area contributed by atoms with E-state index in [9.17, 15) is 4.79 Å². The van der Waals surface area contributed by atoms with Crippen molar-refractivity contribution in [2.24, 2.45) is 0 Å². The Morgan fingerprint density at radius 3 is 2.52 bits per heavy atom. The normalized spacial score (nSPS) is 19.0. The van der Waals surface area contributed by atoms with Gasteiger partial charge in [-0.1, -0.05) is 26.0 Å². The molecule has 27 heavy (non-hydrogen) atoms. The quantitative estimate of drug-likeness (QED) is 0.639. The van der Waals surface area contributed by atoms with Crippen LogP contribution in [-0.4, -0.2) is 62.3 Å². The number of ether oxygens (including phenoxy) is 2. The molecule has 1 amide bonds. The first-order valence-corrected chi connectivity index (χ1v) is 9.20. The lowest BCUT2D eigenvalue weighted by Gasteiger charge is -2.29. The van der Waals surface area contributed by atoms with E-state index in [2.05, 4.69) is 29.4 Å². The minimum atomic E-state index is -0.281. The number of amides is 1. The van der Waals surface area contributed by atoms with Crippen LogP contribution in [0.1, 0.15) is 26.3 Å². The van der Waals surface area contributed by atoms with Crippen molar-refractivity contribution in [2.75, 3.05) is 39.4 Å². The number of carbonyl (C=O) groups is 1. The van der Waals surface area contributed by atoms with E-state index >= 15 is 0 Å². The van der Waals surface area contributed by atoms with Crippen molar-refractivity contribution >= 4 is 30.7 Å². The zero-order valence-corrected chi connectivity index (χ0v) is 18.0. The molecule has 1 aliphatic rings. The van der Waals surface area contributed by atoms with Gasteiger partial charge >= 0.3 is 0 Å². The summed E-state index contributed by atoms with van der Waals surface area (Å²) in [7, 11) is 0. The highest BCUT2D eigenvalue weighted by Crippen LogP contribution is 2.12. The minimum Gasteiger partial charge on any atom is -0.492 e. The molecule has 1 saturated heterocycles. The Morgan fingerprint density at radius 2 is 1.93 bits per heavy atom. The van der Waals surface area contributed by atoms with Crippen molar-refractivity contribution in [2.45, 2.75) is 39.5 Å². The molecule has 2 N–H and O–H groups in total. The molecule has 156 valence electrons. The molecule has 0 unspecified atom stereocenters. The molecular weight excluding hydrogens is 389 g/mol. The van der Waals surface area contributed by atoms with Gasteiger partial charge in [-0.15, -0.1) is 24.8 Å². The van der Waals surface area contributed by atoms with Crippen molar-refractivity contribution in [3.05, 3.63) is 29.8 Å². The molecule has 0 aromatic heterocycles. The molecule has 0 aliphatic carbocycles. The third kappa shape index (κ3) is 8.66. The molecule has 1 aromatic carbocycles. The molecule has 2 atom stereocenters. The zero-order valence-electron chi connectivity index (χ0n) is 16.4. The number of rotatable bonds is 9. The maximum atomic E-state index is 12.2. The fraction of sp³-hybridized carbons (Fsp3) is 0.632. The summed E-state index contributed by atoms with van der Waals surface area (Å²) >= 11 is 0. The molecule has 0 saturated carbocycles. The SMILES string of the molecule is CCN(CC)CCOc1ccc(CNC(=O)[C@H]2NCCO[C@@H]2C)cc1.Cl.Cl. The summed E-state index contributed by atoms with van der Waals surface area (Å²) in [5.74, 6) is 0.838. The molecule has 0 spiro atoms. The molecule has 0 bridgehead atoms. The molecule has 1 aromatic rings. The summed E-state index contributed by atoms with van der Waals surface area (Å²) in [5.41, 5.74) is 1.05. The van der Waals surface area contributed by atoms with Crippen LogP contribution in [0, 0.1) is 0 Å². The summed E-state index contributed by atoms with van der Waals surface area (Å²) in [6, 6.07) is 7.60. The van der Waals surface area contributed by atoms with Crippen molar-refractivity contribution in [3.8, 4) is 5.75 Å². The molecule has 0 radical (unpaired) electrons. The molecule has 8 heteroatoms. The number of likely N-dealkylation sites (N-methyl/N-ethyl adjacent to an activating group) is 1. The van der Waals surface area contributed by atoms with Gasteiger partial charge in [-0.2, -0.15) is 0 Å². The topological polar surface area (TPSA) is 62.8 Å². The molecule has 6 nitrogen and oxygen atoms in total. The number of benzene rings is 1. The van der Waals surface area contributed by atoms with E-state index in [-0.39, 0.29) is 42.9 Å². The number of halogens is 2. The Hall–Kier alpha value is -1.05. The van der Waals surface area contributed by atoms with Crippen molar-refractivity contribution in [3.63, 3.8) is 0 Å². The second kappa shape index (κ2) is 14.0. The van der Waals surface area contributed by atoms with Gasteiger partial charge in [-0.3, -0.25) is 4.79 Å². The number of nitrogens with zero attached hydrogens (tertiary/aromatic N) is 1. The van der Waals surface area contributed by atoms with Crippen LogP contribution in [0.2, 0.25) is 0 Å². The van der Waals surface area contributed by atoms with Gasteiger partial charge in [0, 0.05) is 19.6 Å². The van der Waals surface area contributed by atoms with Crippen molar-refractivity contribution < 1.29 is 14.3 Å². The smallest absolute Gasteiger partial charge is 0.240 e. The third-order valence-corrected chi connectivity index (χ3v) is 4.56. The van der Waals surface area contributed by atoms with E-state index in [1.165, 1.54) is 0 Å². The van der Waals surface area contributed by atoms with Gasteiger partial charge < -0.3 is 25.0 Å². The van der Waals surface area contributed by atoms with Crippen LogP contribution < -0.4 is 15.4 Å². The monoisotopic (exact) mass is 421 g/mol. The second-order valence-electron chi connectivity index (χ2n) is 6.24. The number of nitrogens with one attached hydrogen (secondary N) is 2. The highest BCUT2D eigenvalue weighted by atomic mass is 35.5. The van der Waals surface area contributed by atoms with Crippen LogP contribution in [0.25, 0.3) is 0 Å². The maximum Gasteiger partial charge on any atom is 0.240 e. The average Bonchev–Trinajstić information content (AvgIpc) is 2.64. The lowest BCUT2D eigenvalue weighted by atomic mass is 10.1. The highest BCUT2D eigenvalue weighted by molar-refractivity contribution is 5.85. The first kappa shape index (κ1) is 26.0. The number of morpholine rings is 1. The first-order valence-electron chi connectivity index (χ1n) is 9.20. The van der Waals surface area contributed by atoms with Crippen LogP contribution in [0.4, 0.5) is 0 Å². The molecular formula is C19H33Cl2N3O3. The van der Waals surface area contributed by atoms with Gasteiger partial charge in [0.05, 0.1) is 12.7 Å². The van der Waals surface area contributed by atoms with E-state index < -0.39 is 0 Å². The number of hydrogen-bond acceptors (Lipinski definition) is 5. The van der Waals surface area contributed by atoms with Gasteiger partial charge in [0.25, 0.3) is 0 Å². The van der Waals surface area contributed by atoms with Crippen molar-refractivity contribution in [1.29, 1.82) is 0 Å². The molecule has 2 rings (SSSR count). The Balaban J connectivity index is 0.00000338. The average molecular weight is 422 g/mol. The Kier molecular flexibility index (Phi) is 13.5. The summed E-state index contributed by atoms with van der Waals surface area (Å²) in [6.45, 7) is 11.8. The highest BCUT2D eigenvalue weighted by Gasteiger charge is 2.27. The van der Waals surface area contributed by atoms with Gasteiger partial charge in [-0.25, -0.2) is 0 Å². The maximum absolute atomic E-state index is 12.2. The summed E-state index contributed by atoms with van der Waals surface area (Å²) < 4.78 is 11.3. The van der Waals surface area contributed by atoms with Gasteiger partial charge in [0.2, 0.25) is 5.91 Å². The van der Waals surface area contributed by atoms with E-state index in [1.54, 1.807) is 0 Å². The van der Waals surface area contributed by atoms with Crippen LogP contribution in [-0.2, 0) is 16.1 Å². The van der Waals surface area contributed by atoms with Gasteiger partial charge in [0.1, 0.15) is 18.4 Å². The van der Waals surface area contributed by atoms with E-state index in [4.69, 9.17) is 9.47 Å². The summed E-state index contributed by atoms with van der Waals surface area (Å²) in [4.78, 5) is 14.6. The molecule has 1 fully saturated rings. The predicted molar refractivity (Wildman–Crippen MR) is 113 cm³/mol. The number of carbonyl (C=O) groups excluding carboxylic acids is 1. The minimum absolute atomic E-state index is 0. The largest absolute Gasteiger partial charge is 0.492 e. The van der Waals surface area contributed by atoms with Gasteiger partial charge in [-0.05, 0) is 37.7 Å². The van der Waals surface area contributed by atoms with Gasteiger partial charge in [0.15, 0.2) is 0 Å². The Labute approximate surface area is 175 Å². The van der Waals surface area contributed by atoms with Crippen LogP contribution in [0.15, 0.2) is 24.3 Å². The van der Waals surface area contributed by atoms with E-state index in [0.29, 0.717) is 26.3 Å². The Bertz CT molecular complexity index is 527. The lowest BCUT2D eigenvalue weighted by molar-refractivity contribution is -0.129. The molecule has 1 aliphatic heterocycles. The lowest BCUT2D eigenvalue weighted by Crippen LogP contribution is -2.55. The summed E-state index contributed by atoms with van der Waals surface area (Å²) in [6.07, 6.45) is -0.102. The standard InChI is InChI=1S/C19H31N3O3.2ClH/c1-4-22(5-2)11-13-25-17-8-6-16(7-9-17)14-21-19(23)18-15(3)24-12-10-20-18;;/h6-9,15,18,20H,4-5,10-14H2,1-3H3,(H,21,23);2*1H/t15-,18+;;/m1../s1.